The molecular formula is C14H17F2N3O2. The van der Waals surface area contributed by atoms with Crippen LogP contribution in [0.25, 0.3) is 0 Å². The molecule has 0 radical (unpaired) electrons. The molecule has 1 heterocycles. The largest absolute Gasteiger partial charge is 0.369 e. The quantitative estimate of drug-likeness (QED) is 0.884. The van der Waals surface area contributed by atoms with Crippen molar-refractivity contribution in [2.24, 2.45) is 11.7 Å². The minimum atomic E-state index is -0.679. The minimum Gasteiger partial charge on any atom is -0.369 e. The van der Waals surface area contributed by atoms with Crippen LogP contribution in [0.3, 0.4) is 0 Å². The van der Waals surface area contributed by atoms with Gasteiger partial charge in [-0.3, -0.25) is 4.79 Å². The molecule has 0 aromatic heterocycles. The summed E-state index contributed by atoms with van der Waals surface area (Å²) in [7, 11) is 0. The summed E-state index contributed by atoms with van der Waals surface area (Å²) in [5.41, 5.74) is 5.58. The fourth-order valence-electron chi connectivity index (χ4n) is 2.37. The van der Waals surface area contributed by atoms with E-state index >= 15 is 0 Å². The topological polar surface area (TPSA) is 75.4 Å². The molecule has 3 N–H and O–H groups in total. The monoisotopic (exact) mass is 297 g/mol. The van der Waals surface area contributed by atoms with Crippen molar-refractivity contribution >= 4 is 11.9 Å². The zero-order valence-corrected chi connectivity index (χ0v) is 11.4. The molecule has 1 aromatic rings. The van der Waals surface area contributed by atoms with Gasteiger partial charge in [-0.05, 0) is 30.5 Å². The van der Waals surface area contributed by atoms with Crippen LogP contribution in [-0.4, -0.2) is 29.9 Å². The highest BCUT2D eigenvalue weighted by Crippen LogP contribution is 2.16. The van der Waals surface area contributed by atoms with Crippen molar-refractivity contribution in [3.8, 4) is 0 Å². The lowest BCUT2D eigenvalue weighted by Crippen LogP contribution is -2.46. The number of hydrogen-bond acceptors (Lipinski definition) is 2. The first kappa shape index (κ1) is 15.2. The predicted molar refractivity (Wildman–Crippen MR) is 72.1 cm³/mol. The van der Waals surface area contributed by atoms with Gasteiger partial charge in [0.1, 0.15) is 11.6 Å². The molecule has 114 valence electrons. The zero-order valence-electron chi connectivity index (χ0n) is 11.4. The summed E-state index contributed by atoms with van der Waals surface area (Å²) in [6.45, 7) is 0.928. The maximum atomic E-state index is 13.0. The molecule has 7 heteroatoms. The standard InChI is InChI=1S/C14H17F2N3O2/c15-11-5-9(6-12(16)7-11)8-18-14(21)19-3-1-10(2-4-19)13(17)20/h5-7,10H,1-4,8H2,(H2,17,20)(H,18,21). The molecule has 0 bridgehead atoms. The fraction of sp³-hybridized carbons (Fsp3) is 0.429. The molecule has 0 spiro atoms. The van der Waals surface area contributed by atoms with E-state index in [4.69, 9.17) is 5.73 Å². The summed E-state index contributed by atoms with van der Waals surface area (Å²) in [5.74, 6) is -1.89. The molecule has 5 nitrogen and oxygen atoms in total. The van der Waals surface area contributed by atoms with E-state index in [0.29, 0.717) is 31.5 Å². The lowest BCUT2D eigenvalue weighted by atomic mass is 9.96. The van der Waals surface area contributed by atoms with E-state index in [2.05, 4.69) is 5.32 Å². The van der Waals surface area contributed by atoms with Crippen molar-refractivity contribution in [3.63, 3.8) is 0 Å². The van der Waals surface area contributed by atoms with Crippen LogP contribution in [0.1, 0.15) is 18.4 Å². The van der Waals surface area contributed by atoms with Gasteiger partial charge >= 0.3 is 6.03 Å². The Hall–Kier alpha value is -2.18. The Labute approximate surface area is 121 Å². The summed E-state index contributed by atoms with van der Waals surface area (Å²) in [5, 5.41) is 2.60. The number of carbonyl (C=O) groups excluding carboxylic acids is 2. The van der Waals surface area contributed by atoms with Crippen LogP contribution >= 0.6 is 0 Å². The Morgan fingerprint density at radius 2 is 1.76 bits per heavy atom. The second kappa shape index (κ2) is 6.51. The van der Waals surface area contributed by atoms with Crippen molar-refractivity contribution in [1.82, 2.24) is 10.2 Å². The van der Waals surface area contributed by atoms with Gasteiger partial charge in [-0.2, -0.15) is 0 Å². The summed E-state index contributed by atoms with van der Waals surface area (Å²) in [6, 6.07) is 2.80. The maximum Gasteiger partial charge on any atom is 0.317 e. The van der Waals surface area contributed by atoms with Gasteiger partial charge in [0.15, 0.2) is 0 Å². The molecule has 2 rings (SSSR count). The molecule has 1 fully saturated rings. The number of benzene rings is 1. The third-order valence-electron chi connectivity index (χ3n) is 3.55. The molecule has 3 amide bonds. The smallest absolute Gasteiger partial charge is 0.317 e. The van der Waals surface area contributed by atoms with Crippen LogP contribution < -0.4 is 11.1 Å². The van der Waals surface area contributed by atoms with E-state index in [1.54, 1.807) is 4.90 Å². The van der Waals surface area contributed by atoms with Crippen molar-refractivity contribution in [2.45, 2.75) is 19.4 Å². The van der Waals surface area contributed by atoms with Gasteiger partial charge in [0.25, 0.3) is 0 Å². The second-order valence-corrected chi connectivity index (χ2v) is 5.10. The number of nitrogens with one attached hydrogen (secondary N) is 1. The molecule has 1 aromatic carbocycles. The minimum absolute atomic E-state index is 0.0449. The van der Waals surface area contributed by atoms with Crippen molar-refractivity contribution in [2.75, 3.05) is 13.1 Å². The third-order valence-corrected chi connectivity index (χ3v) is 3.55. The lowest BCUT2D eigenvalue weighted by molar-refractivity contribution is -0.123. The van der Waals surface area contributed by atoms with Crippen LogP contribution in [0.5, 0.6) is 0 Å². The average molecular weight is 297 g/mol. The zero-order chi connectivity index (χ0) is 15.4. The molecule has 0 unspecified atom stereocenters. The second-order valence-electron chi connectivity index (χ2n) is 5.10. The number of nitrogens with two attached hydrogens (primary N) is 1. The third kappa shape index (κ3) is 4.14. The number of rotatable bonds is 3. The van der Waals surface area contributed by atoms with Gasteiger partial charge in [-0.25, -0.2) is 13.6 Å². The Balaban J connectivity index is 1.84. The van der Waals surface area contributed by atoms with E-state index < -0.39 is 11.6 Å². The Kier molecular flexibility index (Phi) is 4.72. The molecule has 0 atom stereocenters. The first-order valence-electron chi connectivity index (χ1n) is 6.73. The summed E-state index contributed by atoms with van der Waals surface area (Å²) in [6.07, 6.45) is 1.08. The van der Waals surface area contributed by atoms with Gasteiger partial charge in [0, 0.05) is 31.6 Å². The highest BCUT2D eigenvalue weighted by atomic mass is 19.1. The van der Waals surface area contributed by atoms with E-state index in [1.807, 2.05) is 0 Å². The van der Waals surface area contributed by atoms with Crippen molar-refractivity contribution in [3.05, 3.63) is 35.4 Å². The average Bonchev–Trinajstić information content (AvgIpc) is 2.44. The number of urea groups is 1. The molecule has 1 aliphatic rings. The molecular weight excluding hydrogens is 280 g/mol. The number of hydrogen-bond donors (Lipinski definition) is 2. The summed E-state index contributed by atoms with van der Waals surface area (Å²) >= 11 is 0. The summed E-state index contributed by atoms with van der Waals surface area (Å²) in [4.78, 5) is 24.5. The molecule has 1 aliphatic heterocycles. The van der Waals surface area contributed by atoms with E-state index in [-0.39, 0.29) is 24.4 Å². The van der Waals surface area contributed by atoms with Crippen LogP contribution in [-0.2, 0) is 11.3 Å². The molecule has 1 saturated heterocycles. The maximum absolute atomic E-state index is 13.0. The highest BCUT2D eigenvalue weighted by Gasteiger charge is 2.25. The fourth-order valence-corrected chi connectivity index (χ4v) is 2.37. The Morgan fingerprint density at radius 1 is 1.19 bits per heavy atom. The Bertz CT molecular complexity index is 523. The predicted octanol–water partition coefficient (Wildman–Crippen LogP) is 1.37. The van der Waals surface area contributed by atoms with Crippen LogP contribution in [0.2, 0.25) is 0 Å². The SMILES string of the molecule is NC(=O)C1CCN(C(=O)NCc2cc(F)cc(F)c2)CC1. The number of likely N-dealkylation sites (tertiary alicyclic amines) is 1. The summed E-state index contributed by atoms with van der Waals surface area (Å²) < 4.78 is 26.0. The van der Waals surface area contributed by atoms with Gasteiger partial charge in [0.2, 0.25) is 5.91 Å². The lowest BCUT2D eigenvalue weighted by Gasteiger charge is -2.30. The number of piperidine rings is 1. The number of carbonyl (C=O) groups is 2. The first-order chi connectivity index (χ1) is 9.95. The van der Waals surface area contributed by atoms with E-state index in [0.717, 1.165) is 6.07 Å². The van der Waals surface area contributed by atoms with Gasteiger partial charge < -0.3 is 16.0 Å². The molecule has 0 saturated carbocycles. The van der Waals surface area contributed by atoms with E-state index in [9.17, 15) is 18.4 Å². The molecule has 21 heavy (non-hydrogen) atoms. The van der Waals surface area contributed by atoms with E-state index in [1.165, 1.54) is 12.1 Å². The van der Waals surface area contributed by atoms with Gasteiger partial charge in [-0.15, -0.1) is 0 Å². The van der Waals surface area contributed by atoms with Crippen molar-refractivity contribution < 1.29 is 18.4 Å². The van der Waals surface area contributed by atoms with Crippen LogP contribution in [0.4, 0.5) is 13.6 Å². The van der Waals surface area contributed by atoms with Crippen LogP contribution in [0, 0.1) is 17.6 Å². The number of primary amides is 1. The van der Waals surface area contributed by atoms with Crippen molar-refractivity contribution in [1.29, 1.82) is 0 Å². The molecule has 0 aliphatic carbocycles. The number of halogens is 2. The number of amides is 3. The van der Waals surface area contributed by atoms with Gasteiger partial charge in [-0.1, -0.05) is 0 Å². The van der Waals surface area contributed by atoms with Gasteiger partial charge in [0.05, 0.1) is 0 Å². The highest BCUT2D eigenvalue weighted by molar-refractivity contribution is 5.78. The normalized spacial score (nSPS) is 15.8. The Morgan fingerprint density at radius 3 is 2.29 bits per heavy atom. The van der Waals surface area contributed by atoms with Crippen LogP contribution in [0.15, 0.2) is 18.2 Å². The number of nitrogens with zero attached hydrogens (tertiary/aromatic N) is 1. The first-order valence-corrected chi connectivity index (χ1v) is 6.73.